The van der Waals surface area contributed by atoms with Crippen LogP contribution in [0, 0.1) is 0 Å². The fourth-order valence-corrected chi connectivity index (χ4v) is 2.75. The van der Waals surface area contributed by atoms with Crippen LogP contribution in [0.25, 0.3) is 0 Å². The van der Waals surface area contributed by atoms with Crippen LogP contribution in [0.2, 0.25) is 0 Å². The van der Waals surface area contributed by atoms with Crippen molar-refractivity contribution in [2.75, 3.05) is 20.4 Å². The molecule has 5 heteroatoms. The fourth-order valence-electron chi connectivity index (χ4n) is 2.75. The van der Waals surface area contributed by atoms with E-state index in [0.29, 0.717) is 13.1 Å². The van der Waals surface area contributed by atoms with E-state index < -0.39 is 0 Å². The van der Waals surface area contributed by atoms with Crippen LogP contribution in [-0.2, 0) is 11.3 Å². The van der Waals surface area contributed by atoms with Gasteiger partial charge in [0.25, 0.3) is 0 Å². The maximum Gasteiger partial charge on any atom is 0.234 e. The van der Waals surface area contributed by atoms with Crippen molar-refractivity contribution < 1.29 is 14.3 Å². The summed E-state index contributed by atoms with van der Waals surface area (Å²) in [5.41, 5.74) is 1.11. The van der Waals surface area contributed by atoms with Gasteiger partial charge in [-0.15, -0.1) is 0 Å². The Labute approximate surface area is 139 Å². The number of nitrogens with one attached hydrogen (secondary N) is 1. The number of rotatable bonds is 9. The minimum atomic E-state index is 0.0808. The van der Waals surface area contributed by atoms with E-state index in [4.69, 9.17) is 9.47 Å². The van der Waals surface area contributed by atoms with Crippen LogP contribution in [0.5, 0.6) is 11.5 Å². The largest absolute Gasteiger partial charge is 0.454 e. The molecule has 1 aromatic carbocycles. The summed E-state index contributed by atoms with van der Waals surface area (Å²) in [6.07, 6.45) is 4.65. The number of benzene rings is 1. The smallest absolute Gasteiger partial charge is 0.234 e. The molecule has 1 aromatic rings. The third-order valence-electron chi connectivity index (χ3n) is 3.95. The molecule has 1 atom stereocenters. The normalized spacial score (nSPS) is 14.1. The van der Waals surface area contributed by atoms with Gasteiger partial charge in [0.1, 0.15) is 0 Å². The summed E-state index contributed by atoms with van der Waals surface area (Å²) < 4.78 is 10.7. The Balaban J connectivity index is 1.73. The first-order valence-electron chi connectivity index (χ1n) is 8.45. The predicted molar refractivity (Wildman–Crippen MR) is 90.6 cm³/mol. The van der Waals surface area contributed by atoms with Gasteiger partial charge in [0.2, 0.25) is 12.7 Å². The molecule has 0 bridgehead atoms. The first-order chi connectivity index (χ1) is 11.1. The van der Waals surface area contributed by atoms with E-state index in [1.54, 1.807) is 0 Å². The van der Waals surface area contributed by atoms with E-state index in [1.165, 1.54) is 19.3 Å². The number of fused-ring (bicyclic) bond motifs is 1. The van der Waals surface area contributed by atoms with Crippen LogP contribution in [0.4, 0.5) is 0 Å². The van der Waals surface area contributed by atoms with Crippen molar-refractivity contribution in [1.29, 1.82) is 0 Å². The predicted octanol–water partition coefficient (Wildman–Crippen LogP) is 2.93. The lowest BCUT2D eigenvalue weighted by molar-refractivity contribution is -0.122. The molecule has 1 N–H and O–H groups in total. The van der Waals surface area contributed by atoms with Gasteiger partial charge in [0, 0.05) is 12.6 Å². The van der Waals surface area contributed by atoms with Crippen LogP contribution in [0.3, 0.4) is 0 Å². The highest BCUT2D eigenvalue weighted by Crippen LogP contribution is 2.32. The molecular formula is C18H28N2O3. The van der Waals surface area contributed by atoms with Crippen LogP contribution < -0.4 is 14.8 Å². The molecule has 0 spiro atoms. The zero-order chi connectivity index (χ0) is 16.7. The maximum absolute atomic E-state index is 12.1. The molecule has 0 aliphatic carbocycles. The molecule has 0 aromatic heterocycles. The van der Waals surface area contributed by atoms with E-state index in [9.17, 15) is 4.79 Å². The van der Waals surface area contributed by atoms with Gasteiger partial charge in [-0.3, -0.25) is 9.69 Å². The number of nitrogens with zero attached hydrogens (tertiary/aromatic N) is 1. The molecule has 5 nitrogen and oxygen atoms in total. The maximum atomic E-state index is 12.1. The van der Waals surface area contributed by atoms with Crippen LogP contribution >= 0.6 is 0 Å². The lowest BCUT2D eigenvalue weighted by Gasteiger charge is -2.19. The third kappa shape index (κ3) is 5.75. The number of hydrogen-bond acceptors (Lipinski definition) is 4. The number of carbonyl (C=O) groups is 1. The Morgan fingerprint density at radius 1 is 1.30 bits per heavy atom. The standard InChI is InChI=1S/C18H28N2O3/c1-4-5-6-7-14(2)19-18(21)12-20(3)11-15-8-9-16-17(10-15)23-13-22-16/h8-10,14H,4-7,11-13H2,1-3H3,(H,19,21). The van der Waals surface area contributed by atoms with Crippen molar-refractivity contribution in [2.24, 2.45) is 0 Å². The first-order valence-corrected chi connectivity index (χ1v) is 8.45. The summed E-state index contributed by atoms with van der Waals surface area (Å²) in [5.74, 6) is 1.65. The Hall–Kier alpha value is -1.75. The van der Waals surface area contributed by atoms with E-state index >= 15 is 0 Å². The third-order valence-corrected chi connectivity index (χ3v) is 3.95. The van der Waals surface area contributed by atoms with Gasteiger partial charge < -0.3 is 14.8 Å². The highest BCUT2D eigenvalue weighted by Gasteiger charge is 2.15. The SMILES string of the molecule is CCCCCC(C)NC(=O)CN(C)Cc1ccc2c(c1)OCO2. The van der Waals surface area contributed by atoms with Crippen molar-refractivity contribution >= 4 is 5.91 Å². The van der Waals surface area contributed by atoms with Gasteiger partial charge in [-0.2, -0.15) is 0 Å². The molecule has 1 aliphatic heterocycles. The number of likely N-dealkylation sites (N-methyl/N-ethyl adjacent to an activating group) is 1. The van der Waals surface area contributed by atoms with E-state index in [1.807, 2.05) is 30.1 Å². The minimum Gasteiger partial charge on any atom is -0.454 e. The van der Waals surface area contributed by atoms with Crippen molar-refractivity contribution in [2.45, 2.75) is 52.1 Å². The number of amides is 1. The van der Waals surface area contributed by atoms with Gasteiger partial charge in [-0.25, -0.2) is 0 Å². The lowest BCUT2D eigenvalue weighted by atomic mass is 10.1. The van der Waals surface area contributed by atoms with Gasteiger partial charge in [0.15, 0.2) is 11.5 Å². The quantitative estimate of drug-likeness (QED) is 0.711. The summed E-state index contributed by atoms with van der Waals surface area (Å²) in [5, 5.41) is 3.07. The average Bonchev–Trinajstić information content (AvgIpc) is 2.94. The summed E-state index contributed by atoms with van der Waals surface area (Å²) in [4.78, 5) is 14.1. The topological polar surface area (TPSA) is 50.8 Å². The van der Waals surface area contributed by atoms with Crippen molar-refractivity contribution in [3.8, 4) is 11.5 Å². The van der Waals surface area contributed by atoms with E-state index in [2.05, 4.69) is 19.2 Å². The van der Waals surface area contributed by atoms with Crippen LogP contribution in [-0.4, -0.2) is 37.2 Å². The molecule has 1 amide bonds. The molecule has 0 radical (unpaired) electrons. The Bertz CT molecular complexity index is 519. The second-order valence-electron chi connectivity index (χ2n) is 6.32. The molecule has 23 heavy (non-hydrogen) atoms. The summed E-state index contributed by atoms with van der Waals surface area (Å²) >= 11 is 0. The second kappa shape index (κ2) is 8.77. The van der Waals surface area contributed by atoms with Gasteiger partial charge in [-0.05, 0) is 38.1 Å². The van der Waals surface area contributed by atoms with Crippen molar-refractivity contribution in [3.63, 3.8) is 0 Å². The molecule has 0 saturated carbocycles. The van der Waals surface area contributed by atoms with Crippen LogP contribution in [0.1, 0.15) is 45.1 Å². The molecule has 2 rings (SSSR count). The number of carbonyl (C=O) groups excluding carboxylic acids is 1. The van der Waals surface area contributed by atoms with Gasteiger partial charge >= 0.3 is 0 Å². The molecule has 0 fully saturated rings. The Morgan fingerprint density at radius 3 is 2.87 bits per heavy atom. The number of unbranched alkanes of at least 4 members (excludes halogenated alkanes) is 2. The Kier molecular flexibility index (Phi) is 6.71. The van der Waals surface area contributed by atoms with E-state index in [0.717, 1.165) is 23.5 Å². The minimum absolute atomic E-state index is 0.0808. The fraction of sp³-hybridized carbons (Fsp3) is 0.611. The highest BCUT2D eigenvalue weighted by atomic mass is 16.7. The zero-order valence-electron chi connectivity index (χ0n) is 14.4. The molecular weight excluding hydrogens is 292 g/mol. The Morgan fingerprint density at radius 2 is 2.09 bits per heavy atom. The molecule has 1 heterocycles. The lowest BCUT2D eigenvalue weighted by Crippen LogP contribution is -2.39. The van der Waals surface area contributed by atoms with Crippen LogP contribution in [0.15, 0.2) is 18.2 Å². The summed E-state index contributed by atoms with van der Waals surface area (Å²) in [6.45, 7) is 5.65. The van der Waals surface area contributed by atoms with E-state index in [-0.39, 0.29) is 18.7 Å². The van der Waals surface area contributed by atoms with Crippen molar-refractivity contribution in [1.82, 2.24) is 10.2 Å². The zero-order valence-corrected chi connectivity index (χ0v) is 14.4. The molecule has 0 saturated heterocycles. The van der Waals surface area contributed by atoms with Gasteiger partial charge in [0.05, 0.1) is 6.54 Å². The van der Waals surface area contributed by atoms with Crippen molar-refractivity contribution in [3.05, 3.63) is 23.8 Å². The average molecular weight is 320 g/mol. The molecule has 1 aliphatic rings. The molecule has 1 unspecified atom stereocenters. The monoisotopic (exact) mass is 320 g/mol. The number of hydrogen-bond donors (Lipinski definition) is 1. The second-order valence-corrected chi connectivity index (χ2v) is 6.32. The summed E-state index contributed by atoms with van der Waals surface area (Å²) in [7, 11) is 1.95. The van der Waals surface area contributed by atoms with Gasteiger partial charge in [-0.1, -0.05) is 32.3 Å². The number of ether oxygens (including phenoxy) is 2. The summed E-state index contributed by atoms with van der Waals surface area (Å²) in [6, 6.07) is 6.15. The first kappa shape index (κ1) is 17.6. The molecule has 128 valence electrons. The highest BCUT2D eigenvalue weighted by molar-refractivity contribution is 5.78.